The van der Waals surface area contributed by atoms with E-state index < -0.39 is 17.2 Å². The van der Waals surface area contributed by atoms with E-state index in [2.05, 4.69) is 33.7 Å². The fourth-order valence-corrected chi connectivity index (χ4v) is 3.66. The fourth-order valence-electron chi connectivity index (χ4n) is 3.66. The first-order valence-electron chi connectivity index (χ1n) is 9.49. The van der Waals surface area contributed by atoms with E-state index in [1.165, 1.54) is 11.1 Å². The zero-order chi connectivity index (χ0) is 20.4. The van der Waals surface area contributed by atoms with Crippen LogP contribution in [0, 0.1) is 5.92 Å². The van der Waals surface area contributed by atoms with Crippen molar-refractivity contribution in [3.63, 3.8) is 0 Å². The van der Waals surface area contributed by atoms with Crippen LogP contribution in [0.4, 0.5) is 5.69 Å². The standard InChI is InChI=1S/C20H22N6O3/c21-16-17(23-20(29)24-18(16)27)19(28)22-9-13-6-7-15-14(8-13)11-26(25-15)10-12-4-2-1-3-5-12/h1-5,11,13H,6-10,21H2,(H,22,28)(H2,23,24,27,29). The van der Waals surface area contributed by atoms with Crippen LogP contribution in [0.15, 0.2) is 46.1 Å². The summed E-state index contributed by atoms with van der Waals surface area (Å²) in [4.78, 5) is 39.5. The molecule has 3 aromatic rings. The smallest absolute Gasteiger partial charge is 0.326 e. The molecule has 2 aromatic heterocycles. The number of nitrogen functional groups attached to an aromatic ring is 1. The number of benzene rings is 1. The van der Waals surface area contributed by atoms with Crippen molar-refractivity contribution in [2.75, 3.05) is 12.3 Å². The zero-order valence-electron chi connectivity index (χ0n) is 15.8. The first-order valence-corrected chi connectivity index (χ1v) is 9.49. The van der Waals surface area contributed by atoms with Crippen molar-refractivity contribution in [2.24, 2.45) is 5.92 Å². The summed E-state index contributed by atoms with van der Waals surface area (Å²) in [6.45, 7) is 1.15. The predicted molar refractivity (Wildman–Crippen MR) is 108 cm³/mol. The summed E-state index contributed by atoms with van der Waals surface area (Å²) in [5.41, 5.74) is 7.06. The molecule has 150 valence electrons. The third-order valence-corrected chi connectivity index (χ3v) is 5.17. The second-order valence-electron chi connectivity index (χ2n) is 7.30. The maximum atomic E-state index is 12.3. The number of anilines is 1. The monoisotopic (exact) mass is 394 g/mol. The maximum Gasteiger partial charge on any atom is 0.326 e. The highest BCUT2D eigenvalue weighted by atomic mass is 16.2. The number of carbonyl (C=O) groups excluding carboxylic acids is 1. The molecule has 1 aliphatic rings. The zero-order valence-corrected chi connectivity index (χ0v) is 15.8. The van der Waals surface area contributed by atoms with E-state index >= 15 is 0 Å². The maximum absolute atomic E-state index is 12.3. The normalized spacial score (nSPS) is 15.7. The molecule has 1 atom stereocenters. The Balaban J connectivity index is 1.39. The highest BCUT2D eigenvalue weighted by Gasteiger charge is 2.23. The molecule has 29 heavy (non-hydrogen) atoms. The number of H-pyrrole nitrogens is 2. The second kappa shape index (κ2) is 7.78. The number of nitrogens with zero attached hydrogens (tertiary/aromatic N) is 2. The molecule has 1 amide bonds. The minimum absolute atomic E-state index is 0.203. The highest BCUT2D eigenvalue weighted by molar-refractivity contribution is 5.96. The van der Waals surface area contributed by atoms with Crippen molar-refractivity contribution in [1.82, 2.24) is 25.1 Å². The summed E-state index contributed by atoms with van der Waals surface area (Å²) in [6, 6.07) is 10.2. The molecule has 9 nitrogen and oxygen atoms in total. The Morgan fingerprint density at radius 2 is 2.03 bits per heavy atom. The van der Waals surface area contributed by atoms with Gasteiger partial charge in [-0.25, -0.2) is 4.79 Å². The van der Waals surface area contributed by atoms with Crippen molar-refractivity contribution in [1.29, 1.82) is 0 Å². The minimum atomic E-state index is -0.771. The topological polar surface area (TPSA) is 139 Å². The van der Waals surface area contributed by atoms with Crippen molar-refractivity contribution in [3.05, 3.63) is 79.9 Å². The molecule has 4 rings (SSSR count). The number of aromatic nitrogens is 4. The van der Waals surface area contributed by atoms with Gasteiger partial charge < -0.3 is 16.0 Å². The average molecular weight is 394 g/mol. The van der Waals surface area contributed by atoms with Gasteiger partial charge in [0.25, 0.3) is 11.5 Å². The number of aryl methyl sites for hydroxylation is 1. The van der Waals surface area contributed by atoms with Crippen LogP contribution in [0.1, 0.15) is 33.7 Å². The second-order valence-corrected chi connectivity index (χ2v) is 7.30. The molecule has 1 aromatic carbocycles. The molecule has 9 heteroatoms. The summed E-state index contributed by atoms with van der Waals surface area (Å²) in [7, 11) is 0. The summed E-state index contributed by atoms with van der Waals surface area (Å²) >= 11 is 0. The Morgan fingerprint density at radius 1 is 1.24 bits per heavy atom. The molecule has 0 saturated heterocycles. The van der Waals surface area contributed by atoms with Gasteiger partial charge in [0, 0.05) is 12.7 Å². The number of carbonyl (C=O) groups is 1. The highest BCUT2D eigenvalue weighted by Crippen LogP contribution is 2.24. The van der Waals surface area contributed by atoms with Gasteiger partial charge in [-0.3, -0.25) is 19.3 Å². The quantitative estimate of drug-likeness (QED) is 0.497. The number of nitrogens with two attached hydrogens (primary N) is 1. The van der Waals surface area contributed by atoms with E-state index in [1.807, 2.05) is 27.9 Å². The van der Waals surface area contributed by atoms with Crippen LogP contribution in [0.2, 0.25) is 0 Å². The van der Waals surface area contributed by atoms with Crippen LogP contribution in [0.3, 0.4) is 0 Å². The molecule has 0 saturated carbocycles. The Morgan fingerprint density at radius 3 is 2.83 bits per heavy atom. The summed E-state index contributed by atoms with van der Waals surface area (Å²) in [6.07, 6.45) is 4.63. The van der Waals surface area contributed by atoms with E-state index in [4.69, 9.17) is 5.73 Å². The molecule has 1 aliphatic carbocycles. The van der Waals surface area contributed by atoms with Gasteiger partial charge in [-0.1, -0.05) is 30.3 Å². The van der Waals surface area contributed by atoms with Crippen molar-refractivity contribution < 1.29 is 4.79 Å². The molecule has 0 fully saturated rings. The third kappa shape index (κ3) is 4.13. The van der Waals surface area contributed by atoms with Crippen LogP contribution in [-0.4, -0.2) is 32.2 Å². The number of rotatable bonds is 5. The van der Waals surface area contributed by atoms with Crippen molar-refractivity contribution in [3.8, 4) is 0 Å². The molecule has 0 spiro atoms. The fraction of sp³-hybridized carbons (Fsp3) is 0.300. The first kappa shape index (κ1) is 18.7. The molecular formula is C20H22N6O3. The lowest BCUT2D eigenvalue weighted by molar-refractivity contribution is 0.0941. The van der Waals surface area contributed by atoms with Crippen molar-refractivity contribution >= 4 is 11.6 Å². The lowest BCUT2D eigenvalue weighted by Crippen LogP contribution is -2.36. The summed E-state index contributed by atoms with van der Waals surface area (Å²) in [5.74, 6) is -0.313. The number of hydrogen-bond donors (Lipinski definition) is 4. The van der Waals surface area contributed by atoms with E-state index in [-0.39, 0.29) is 17.3 Å². The van der Waals surface area contributed by atoms with E-state index in [0.717, 1.165) is 31.5 Å². The number of aromatic amines is 2. The number of amides is 1. The number of nitrogens with one attached hydrogen (secondary N) is 3. The van der Waals surface area contributed by atoms with Gasteiger partial charge in [0.05, 0.1) is 12.2 Å². The minimum Gasteiger partial charge on any atom is -0.392 e. The van der Waals surface area contributed by atoms with Crippen LogP contribution in [0.25, 0.3) is 0 Å². The van der Waals surface area contributed by atoms with Gasteiger partial charge in [0.15, 0.2) is 0 Å². The van der Waals surface area contributed by atoms with Gasteiger partial charge in [0.2, 0.25) is 0 Å². The Kier molecular flexibility index (Phi) is 5.03. The first-order chi connectivity index (χ1) is 14.0. The molecular weight excluding hydrogens is 372 g/mol. The van der Waals surface area contributed by atoms with Crippen LogP contribution >= 0.6 is 0 Å². The largest absolute Gasteiger partial charge is 0.392 e. The van der Waals surface area contributed by atoms with Crippen molar-refractivity contribution in [2.45, 2.75) is 25.8 Å². The summed E-state index contributed by atoms with van der Waals surface area (Å²) in [5, 5.41) is 7.46. The Hall–Kier alpha value is -3.62. The molecule has 0 bridgehead atoms. The number of fused-ring (bicyclic) bond motifs is 1. The molecule has 2 heterocycles. The van der Waals surface area contributed by atoms with E-state index in [0.29, 0.717) is 6.54 Å². The SMILES string of the molecule is Nc1c(C(=O)NCC2CCc3nn(Cc4ccccc4)cc3C2)[nH]c(=O)[nH]c1=O. The van der Waals surface area contributed by atoms with Gasteiger partial charge >= 0.3 is 5.69 Å². The third-order valence-electron chi connectivity index (χ3n) is 5.17. The van der Waals surface area contributed by atoms with Gasteiger partial charge in [-0.05, 0) is 36.3 Å². The van der Waals surface area contributed by atoms with Gasteiger partial charge in [-0.2, -0.15) is 5.10 Å². The van der Waals surface area contributed by atoms with E-state index in [1.54, 1.807) is 0 Å². The van der Waals surface area contributed by atoms with Gasteiger partial charge in [-0.15, -0.1) is 0 Å². The Bertz CT molecular complexity index is 1150. The number of hydrogen-bond acceptors (Lipinski definition) is 5. The molecule has 0 radical (unpaired) electrons. The van der Waals surface area contributed by atoms with Gasteiger partial charge in [0.1, 0.15) is 11.4 Å². The lowest BCUT2D eigenvalue weighted by atomic mass is 9.88. The van der Waals surface area contributed by atoms with E-state index in [9.17, 15) is 14.4 Å². The molecule has 5 N–H and O–H groups in total. The molecule has 1 unspecified atom stereocenters. The van der Waals surface area contributed by atoms with Crippen LogP contribution < -0.4 is 22.3 Å². The predicted octanol–water partition coefficient (Wildman–Crippen LogP) is 0.425. The lowest BCUT2D eigenvalue weighted by Gasteiger charge is -2.21. The average Bonchev–Trinajstić information content (AvgIpc) is 3.11. The summed E-state index contributed by atoms with van der Waals surface area (Å²) < 4.78 is 1.96. The molecule has 0 aliphatic heterocycles. The Labute approximate surface area is 166 Å². The van der Waals surface area contributed by atoms with Crippen LogP contribution in [-0.2, 0) is 19.4 Å². The van der Waals surface area contributed by atoms with Crippen LogP contribution in [0.5, 0.6) is 0 Å².